The fraction of sp³-hybridized carbons (Fsp3) is 0.278. The Morgan fingerprint density at radius 3 is 2.65 bits per heavy atom. The fourth-order valence-corrected chi connectivity index (χ4v) is 3.16. The van der Waals surface area contributed by atoms with Crippen LogP contribution >= 0.6 is 23.4 Å². The molecule has 1 amide bonds. The van der Waals surface area contributed by atoms with Crippen LogP contribution in [-0.4, -0.2) is 48.3 Å². The van der Waals surface area contributed by atoms with Crippen molar-refractivity contribution < 1.29 is 23.9 Å². The van der Waals surface area contributed by atoms with Crippen LogP contribution < -0.4 is 0 Å². The van der Waals surface area contributed by atoms with Gasteiger partial charge in [0.05, 0.1) is 30.0 Å². The molecule has 0 radical (unpaired) electrons. The Kier molecular flexibility index (Phi) is 7.74. The first-order valence-corrected chi connectivity index (χ1v) is 9.28. The molecule has 0 saturated carbocycles. The van der Waals surface area contributed by atoms with Gasteiger partial charge in [0, 0.05) is 11.1 Å². The Balaban J connectivity index is 1.83. The highest BCUT2D eigenvalue weighted by Crippen LogP contribution is 2.28. The third-order valence-electron chi connectivity index (χ3n) is 3.28. The van der Waals surface area contributed by atoms with Crippen molar-refractivity contribution in [3.05, 3.63) is 52.0 Å². The van der Waals surface area contributed by atoms with E-state index in [1.807, 2.05) is 0 Å². The van der Waals surface area contributed by atoms with Crippen LogP contribution in [0.25, 0.3) is 6.08 Å². The predicted octanol–water partition coefficient (Wildman–Crippen LogP) is 2.88. The molecule has 0 aromatic heterocycles. The first-order chi connectivity index (χ1) is 12.5. The highest BCUT2D eigenvalue weighted by atomic mass is 35.5. The van der Waals surface area contributed by atoms with E-state index in [-0.39, 0.29) is 31.4 Å². The Hall–Kier alpha value is -2.25. The third-order valence-corrected chi connectivity index (χ3v) is 4.56. The number of benzene rings is 1. The molecule has 1 heterocycles. The van der Waals surface area contributed by atoms with Gasteiger partial charge < -0.3 is 14.4 Å². The second-order valence-corrected chi connectivity index (χ2v) is 6.55. The lowest BCUT2D eigenvalue weighted by Crippen LogP contribution is -2.29. The lowest BCUT2D eigenvalue weighted by Gasteiger charge is -2.16. The van der Waals surface area contributed by atoms with Crippen LogP contribution in [0.15, 0.2) is 41.4 Å². The summed E-state index contributed by atoms with van der Waals surface area (Å²) in [6.45, 7) is 2.17. The van der Waals surface area contributed by atoms with Crippen LogP contribution in [0.1, 0.15) is 12.5 Å². The number of esters is 2. The highest BCUT2D eigenvalue weighted by Gasteiger charge is 2.27. The van der Waals surface area contributed by atoms with Crippen molar-refractivity contribution in [2.75, 3.05) is 25.5 Å². The molecule has 0 spiro atoms. The van der Waals surface area contributed by atoms with E-state index in [1.165, 1.54) is 28.8 Å². The molecule has 1 aromatic carbocycles. The lowest BCUT2D eigenvalue weighted by molar-refractivity contribution is -0.140. The first-order valence-electron chi connectivity index (χ1n) is 7.91. The van der Waals surface area contributed by atoms with Gasteiger partial charge in [0.1, 0.15) is 6.61 Å². The zero-order valence-electron chi connectivity index (χ0n) is 14.1. The summed E-state index contributed by atoms with van der Waals surface area (Å²) < 4.78 is 9.94. The minimum absolute atomic E-state index is 0.0241. The zero-order valence-corrected chi connectivity index (χ0v) is 15.7. The molecule has 6 nitrogen and oxygen atoms in total. The van der Waals surface area contributed by atoms with Crippen LogP contribution in [0.5, 0.6) is 0 Å². The van der Waals surface area contributed by atoms with Gasteiger partial charge in [0.2, 0.25) is 5.91 Å². The maximum atomic E-state index is 11.9. The van der Waals surface area contributed by atoms with Crippen molar-refractivity contribution in [3.63, 3.8) is 0 Å². The zero-order chi connectivity index (χ0) is 18.9. The minimum Gasteiger partial charge on any atom is -0.463 e. The van der Waals surface area contributed by atoms with E-state index < -0.39 is 11.9 Å². The molecule has 1 aliphatic heterocycles. The van der Waals surface area contributed by atoms with Gasteiger partial charge in [0.25, 0.3) is 0 Å². The van der Waals surface area contributed by atoms with Crippen molar-refractivity contribution in [3.8, 4) is 0 Å². The summed E-state index contributed by atoms with van der Waals surface area (Å²) in [5, 5.41) is 1.12. The normalized spacial score (nSPS) is 15.7. The maximum absolute atomic E-state index is 11.9. The van der Waals surface area contributed by atoms with Crippen LogP contribution in [0.3, 0.4) is 0 Å². The summed E-state index contributed by atoms with van der Waals surface area (Å²) in [5.74, 6) is -0.915. The summed E-state index contributed by atoms with van der Waals surface area (Å²) in [5.41, 5.74) is 0.817. The average Bonchev–Trinajstić information content (AvgIpc) is 2.95. The molecule has 1 fully saturated rings. The Labute approximate surface area is 160 Å². The standard InChI is InChI=1S/C18H18ClNO5S/c1-2-24-18(23)11-16-20(15(21)12-26-16)9-10-25-17(22)8-5-13-3-6-14(19)7-4-13/h3-8,11H,2,9-10,12H2,1H3/b8-5+,16-11-. The summed E-state index contributed by atoms with van der Waals surface area (Å²) >= 11 is 7.05. The fourth-order valence-electron chi connectivity index (χ4n) is 2.08. The van der Waals surface area contributed by atoms with E-state index in [0.29, 0.717) is 10.1 Å². The predicted molar refractivity (Wildman–Crippen MR) is 100 cm³/mol. The molecule has 26 heavy (non-hydrogen) atoms. The van der Waals surface area contributed by atoms with Gasteiger partial charge in [-0.25, -0.2) is 9.59 Å². The molecular formula is C18H18ClNO5S. The van der Waals surface area contributed by atoms with Crippen molar-refractivity contribution in [2.45, 2.75) is 6.92 Å². The topological polar surface area (TPSA) is 72.9 Å². The third kappa shape index (κ3) is 6.24. The second kappa shape index (κ2) is 10.0. The summed E-state index contributed by atoms with van der Waals surface area (Å²) in [6, 6.07) is 7.00. The molecule has 1 aliphatic rings. The number of halogens is 1. The number of amides is 1. The van der Waals surface area contributed by atoms with Crippen molar-refractivity contribution in [1.82, 2.24) is 4.90 Å². The number of hydrogen-bond acceptors (Lipinski definition) is 6. The number of carbonyl (C=O) groups is 3. The van der Waals surface area contributed by atoms with Crippen molar-refractivity contribution >= 4 is 47.3 Å². The van der Waals surface area contributed by atoms with E-state index in [1.54, 1.807) is 37.3 Å². The number of nitrogens with zero attached hydrogens (tertiary/aromatic N) is 1. The molecule has 1 saturated heterocycles. The van der Waals surface area contributed by atoms with Crippen molar-refractivity contribution in [1.29, 1.82) is 0 Å². The molecule has 138 valence electrons. The minimum atomic E-state index is -0.518. The van der Waals surface area contributed by atoms with Gasteiger partial charge in [-0.3, -0.25) is 4.79 Å². The largest absolute Gasteiger partial charge is 0.463 e. The van der Waals surface area contributed by atoms with Crippen molar-refractivity contribution in [2.24, 2.45) is 0 Å². The molecule has 0 bridgehead atoms. The van der Waals surface area contributed by atoms with Gasteiger partial charge in [-0.15, -0.1) is 0 Å². The van der Waals surface area contributed by atoms with Crippen LogP contribution in [-0.2, 0) is 23.9 Å². The number of thioether (sulfide) groups is 1. The molecule has 0 aliphatic carbocycles. The monoisotopic (exact) mass is 395 g/mol. The molecule has 2 rings (SSSR count). The Morgan fingerprint density at radius 2 is 1.96 bits per heavy atom. The Bertz CT molecular complexity index is 730. The van der Waals surface area contributed by atoms with Gasteiger partial charge in [-0.2, -0.15) is 0 Å². The van der Waals surface area contributed by atoms with Gasteiger partial charge in [-0.1, -0.05) is 35.5 Å². The van der Waals surface area contributed by atoms with E-state index in [2.05, 4.69) is 0 Å². The number of carbonyl (C=O) groups excluding carboxylic acids is 3. The maximum Gasteiger partial charge on any atom is 0.333 e. The Morgan fingerprint density at radius 1 is 1.23 bits per heavy atom. The molecule has 0 unspecified atom stereocenters. The van der Waals surface area contributed by atoms with E-state index in [0.717, 1.165) is 5.56 Å². The summed E-state index contributed by atoms with van der Waals surface area (Å²) in [7, 11) is 0. The SMILES string of the molecule is CCOC(=O)/C=C1\SCC(=O)N1CCOC(=O)/C=C/c1ccc(Cl)cc1. The van der Waals surface area contributed by atoms with Crippen LogP contribution in [0.2, 0.25) is 5.02 Å². The first kappa shape index (κ1) is 20.1. The smallest absolute Gasteiger partial charge is 0.333 e. The van der Waals surface area contributed by atoms with E-state index in [9.17, 15) is 14.4 Å². The van der Waals surface area contributed by atoms with E-state index >= 15 is 0 Å². The lowest BCUT2D eigenvalue weighted by atomic mass is 10.2. The highest BCUT2D eigenvalue weighted by molar-refractivity contribution is 8.04. The molecule has 8 heteroatoms. The number of rotatable bonds is 7. The van der Waals surface area contributed by atoms with E-state index in [4.69, 9.17) is 21.1 Å². The molecule has 1 aromatic rings. The summed E-state index contributed by atoms with van der Waals surface area (Å²) in [6.07, 6.45) is 4.20. The van der Waals surface area contributed by atoms with Gasteiger partial charge in [0.15, 0.2) is 0 Å². The second-order valence-electron chi connectivity index (χ2n) is 5.12. The van der Waals surface area contributed by atoms with Gasteiger partial charge in [-0.05, 0) is 30.7 Å². The van der Waals surface area contributed by atoms with Crippen LogP contribution in [0, 0.1) is 0 Å². The molecule has 0 atom stereocenters. The quantitative estimate of drug-likeness (QED) is 0.522. The van der Waals surface area contributed by atoms with Crippen LogP contribution in [0.4, 0.5) is 0 Å². The van der Waals surface area contributed by atoms with Gasteiger partial charge >= 0.3 is 11.9 Å². The average molecular weight is 396 g/mol. The number of hydrogen-bond donors (Lipinski definition) is 0. The summed E-state index contributed by atoms with van der Waals surface area (Å²) in [4.78, 5) is 36.6. The number of ether oxygens (including phenoxy) is 2. The molecular weight excluding hydrogens is 378 g/mol. The molecule has 0 N–H and O–H groups in total.